The van der Waals surface area contributed by atoms with E-state index in [1.165, 1.54) is 0 Å². The van der Waals surface area contributed by atoms with Crippen LogP contribution in [0.3, 0.4) is 0 Å². The fraction of sp³-hybridized carbons (Fsp3) is 0.900. The molecule has 0 aromatic rings. The van der Waals surface area contributed by atoms with Crippen molar-refractivity contribution in [1.29, 1.82) is 0 Å². The topological polar surface area (TPSA) is 77.2 Å². The first kappa shape index (κ1) is 20.1. The van der Waals surface area contributed by atoms with Crippen molar-refractivity contribution in [2.24, 2.45) is 5.92 Å². The molecule has 3 heterocycles. The second kappa shape index (κ2) is 9.07. The average Bonchev–Trinajstić information content (AvgIpc) is 3.22. The fourth-order valence-electron chi connectivity index (χ4n) is 5.43. The van der Waals surface area contributed by atoms with Crippen molar-refractivity contribution in [3.63, 3.8) is 0 Å². The maximum atomic E-state index is 12.9. The number of hydrogen-bond donors (Lipinski definition) is 2. The molecule has 4 unspecified atom stereocenters. The smallest absolute Gasteiger partial charge is 0.241 e. The number of rotatable bonds is 6. The Kier molecular flexibility index (Phi) is 6.50. The molecular weight excluding hydrogens is 358 g/mol. The van der Waals surface area contributed by atoms with Crippen LogP contribution in [-0.2, 0) is 14.3 Å². The molecule has 0 bridgehead atoms. The predicted molar refractivity (Wildman–Crippen MR) is 105 cm³/mol. The molecule has 1 aliphatic carbocycles. The van der Waals surface area contributed by atoms with Gasteiger partial charge in [-0.3, -0.25) is 19.9 Å². The molecule has 158 valence electrons. The molecule has 2 amide bonds. The molecule has 4 aliphatic rings. The number of piperazine rings is 1. The molecule has 0 aromatic heterocycles. The van der Waals surface area contributed by atoms with E-state index in [0.717, 1.165) is 84.6 Å². The van der Waals surface area contributed by atoms with Gasteiger partial charge in [-0.2, -0.15) is 0 Å². The number of hydrogen-bond acceptors (Lipinski definition) is 6. The van der Waals surface area contributed by atoms with Crippen molar-refractivity contribution >= 4 is 11.8 Å². The van der Waals surface area contributed by atoms with E-state index in [1.807, 2.05) is 4.90 Å². The molecule has 0 radical (unpaired) electrons. The quantitative estimate of drug-likeness (QED) is 0.609. The Morgan fingerprint density at radius 2 is 2.04 bits per heavy atom. The molecule has 3 aliphatic heterocycles. The highest BCUT2D eigenvalue weighted by Gasteiger charge is 2.50. The number of hydrazine groups is 1. The van der Waals surface area contributed by atoms with Gasteiger partial charge in [-0.1, -0.05) is 0 Å². The minimum absolute atomic E-state index is 0.00763. The van der Waals surface area contributed by atoms with Crippen molar-refractivity contribution in [2.75, 3.05) is 52.5 Å². The van der Waals surface area contributed by atoms with E-state index in [9.17, 15) is 9.59 Å². The van der Waals surface area contributed by atoms with Crippen LogP contribution < -0.4 is 10.7 Å². The summed E-state index contributed by atoms with van der Waals surface area (Å²) in [6.07, 6.45) is 4.54. The number of ether oxygens (including phenoxy) is 1. The third kappa shape index (κ3) is 4.06. The Bertz CT molecular complexity index is 568. The SMILES string of the molecule is CCN1C(=O)C2CCNN2C2CCC(C(=O)NCCCN3CCOCC3)CC21. The predicted octanol–water partition coefficient (Wildman–Crippen LogP) is -0.197. The second-order valence-electron chi connectivity index (χ2n) is 8.49. The van der Waals surface area contributed by atoms with Crippen LogP contribution in [0.5, 0.6) is 0 Å². The maximum absolute atomic E-state index is 12.9. The fourth-order valence-corrected chi connectivity index (χ4v) is 5.43. The van der Waals surface area contributed by atoms with Crippen LogP contribution in [0.25, 0.3) is 0 Å². The summed E-state index contributed by atoms with van der Waals surface area (Å²) >= 11 is 0. The number of carbonyl (C=O) groups excluding carboxylic acids is 2. The molecule has 3 saturated heterocycles. The highest BCUT2D eigenvalue weighted by Crippen LogP contribution is 2.37. The maximum Gasteiger partial charge on any atom is 0.241 e. The highest BCUT2D eigenvalue weighted by atomic mass is 16.5. The number of nitrogens with one attached hydrogen (secondary N) is 2. The molecular formula is C20H35N5O3. The summed E-state index contributed by atoms with van der Waals surface area (Å²) in [5.74, 6) is 0.423. The Hall–Kier alpha value is -1.22. The van der Waals surface area contributed by atoms with E-state index < -0.39 is 0 Å². The summed E-state index contributed by atoms with van der Waals surface area (Å²) in [7, 11) is 0. The van der Waals surface area contributed by atoms with Gasteiger partial charge in [0.2, 0.25) is 11.8 Å². The summed E-state index contributed by atoms with van der Waals surface area (Å²) in [6.45, 7) is 9.03. The monoisotopic (exact) mass is 393 g/mol. The second-order valence-corrected chi connectivity index (χ2v) is 8.49. The summed E-state index contributed by atoms with van der Waals surface area (Å²) in [5, 5.41) is 5.35. The average molecular weight is 394 g/mol. The number of likely N-dealkylation sites (N-methyl/N-ethyl adjacent to an activating group) is 1. The zero-order valence-electron chi connectivity index (χ0n) is 17.1. The van der Waals surface area contributed by atoms with Gasteiger partial charge in [-0.25, -0.2) is 5.01 Å². The highest BCUT2D eigenvalue weighted by molar-refractivity contribution is 5.84. The molecule has 8 heteroatoms. The Labute approximate surface area is 167 Å². The first-order valence-electron chi connectivity index (χ1n) is 11.1. The zero-order chi connectivity index (χ0) is 19.5. The van der Waals surface area contributed by atoms with Gasteiger partial charge < -0.3 is 15.0 Å². The molecule has 4 fully saturated rings. The third-order valence-corrected chi connectivity index (χ3v) is 6.92. The minimum atomic E-state index is -0.00763. The van der Waals surface area contributed by atoms with Crippen LogP contribution in [-0.4, -0.2) is 97.2 Å². The number of nitrogens with zero attached hydrogens (tertiary/aromatic N) is 3. The molecule has 1 saturated carbocycles. The normalized spacial score (nSPS) is 34.2. The van der Waals surface area contributed by atoms with Crippen molar-refractivity contribution < 1.29 is 14.3 Å². The Morgan fingerprint density at radius 1 is 1.21 bits per heavy atom. The molecule has 8 nitrogen and oxygen atoms in total. The molecule has 28 heavy (non-hydrogen) atoms. The molecule has 4 atom stereocenters. The lowest BCUT2D eigenvalue weighted by atomic mass is 9.78. The first-order chi connectivity index (χ1) is 13.7. The van der Waals surface area contributed by atoms with Crippen LogP contribution in [0.15, 0.2) is 0 Å². The van der Waals surface area contributed by atoms with Gasteiger partial charge in [-0.05, 0) is 45.6 Å². The zero-order valence-corrected chi connectivity index (χ0v) is 17.1. The van der Waals surface area contributed by atoms with Crippen LogP contribution in [0.4, 0.5) is 0 Å². The summed E-state index contributed by atoms with van der Waals surface area (Å²) in [5.41, 5.74) is 3.42. The standard InChI is InChI=1S/C20H35N5O3/c1-2-24-18-14-15(4-5-16(18)25-17(20(24)27)6-8-22-25)19(26)21-7-3-9-23-10-12-28-13-11-23/h15-18,22H,2-14H2,1H3,(H,21,26). The van der Waals surface area contributed by atoms with Crippen molar-refractivity contribution in [3.8, 4) is 0 Å². The van der Waals surface area contributed by atoms with E-state index in [4.69, 9.17) is 4.74 Å². The van der Waals surface area contributed by atoms with Gasteiger partial charge in [0.05, 0.1) is 13.2 Å². The van der Waals surface area contributed by atoms with Gasteiger partial charge in [0.15, 0.2) is 0 Å². The van der Waals surface area contributed by atoms with Crippen LogP contribution in [0, 0.1) is 5.92 Å². The van der Waals surface area contributed by atoms with Gasteiger partial charge in [0.1, 0.15) is 6.04 Å². The summed E-state index contributed by atoms with van der Waals surface area (Å²) in [6, 6.07) is 0.486. The van der Waals surface area contributed by atoms with E-state index in [1.54, 1.807) is 0 Å². The van der Waals surface area contributed by atoms with E-state index in [2.05, 4.69) is 27.6 Å². The van der Waals surface area contributed by atoms with Crippen LogP contribution in [0.2, 0.25) is 0 Å². The van der Waals surface area contributed by atoms with E-state index in [-0.39, 0.29) is 29.8 Å². The van der Waals surface area contributed by atoms with Crippen molar-refractivity contribution in [1.82, 2.24) is 25.6 Å². The van der Waals surface area contributed by atoms with Gasteiger partial charge in [-0.15, -0.1) is 0 Å². The Morgan fingerprint density at radius 3 is 2.82 bits per heavy atom. The molecule has 0 spiro atoms. The summed E-state index contributed by atoms with van der Waals surface area (Å²) in [4.78, 5) is 30.0. The van der Waals surface area contributed by atoms with Gasteiger partial charge in [0.25, 0.3) is 0 Å². The molecule has 4 rings (SSSR count). The largest absolute Gasteiger partial charge is 0.379 e. The lowest BCUT2D eigenvalue weighted by Crippen LogP contribution is -2.68. The number of morpholine rings is 1. The summed E-state index contributed by atoms with van der Waals surface area (Å²) < 4.78 is 5.37. The lowest BCUT2D eigenvalue weighted by molar-refractivity contribution is -0.155. The first-order valence-corrected chi connectivity index (χ1v) is 11.1. The molecule has 2 N–H and O–H groups in total. The minimum Gasteiger partial charge on any atom is -0.379 e. The van der Waals surface area contributed by atoms with Crippen molar-refractivity contribution in [2.45, 2.75) is 57.2 Å². The van der Waals surface area contributed by atoms with Gasteiger partial charge in [0, 0.05) is 50.7 Å². The van der Waals surface area contributed by atoms with E-state index >= 15 is 0 Å². The number of carbonyl (C=O) groups is 2. The third-order valence-electron chi connectivity index (χ3n) is 6.92. The lowest BCUT2D eigenvalue weighted by Gasteiger charge is -2.51. The number of amides is 2. The van der Waals surface area contributed by atoms with E-state index in [0.29, 0.717) is 6.04 Å². The van der Waals surface area contributed by atoms with Crippen LogP contribution in [0.1, 0.15) is 39.0 Å². The Balaban J connectivity index is 1.27. The molecule has 0 aromatic carbocycles. The van der Waals surface area contributed by atoms with Gasteiger partial charge >= 0.3 is 0 Å². The van der Waals surface area contributed by atoms with Crippen molar-refractivity contribution in [3.05, 3.63) is 0 Å². The number of fused-ring (bicyclic) bond motifs is 3. The van der Waals surface area contributed by atoms with Crippen LogP contribution >= 0.6 is 0 Å².